The Morgan fingerprint density at radius 2 is 1.96 bits per heavy atom. The molecule has 2 fully saturated rings. The highest BCUT2D eigenvalue weighted by atomic mass is 15.2. The van der Waals surface area contributed by atoms with Crippen LogP contribution < -0.4 is 16.0 Å². The summed E-state index contributed by atoms with van der Waals surface area (Å²) in [4.78, 5) is 11.5. The van der Waals surface area contributed by atoms with Crippen LogP contribution in [0.3, 0.4) is 0 Å². The minimum atomic E-state index is 0.504. The summed E-state index contributed by atoms with van der Waals surface area (Å²) < 4.78 is 0. The molecular weight excluding hydrogens is 298 g/mol. The van der Waals surface area contributed by atoms with E-state index >= 15 is 0 Å². The van der Waals surface area contributed by atoms with Crippen LogP contribution >= 0.6 is 0 Å². The summed E-state index contributed by atoms with van der Waals surface area (Å²) >= 11 is 0. The van der Waals surface area contributed by atoms with Gasteiger partial charge in [-0.25, -0.2) is 9.98 Å². The van der Waals surface area contributed by atoms with Crippen LogP contribution in [-0.2, 0) is 6.54 Å². The first-order chi connectivity index (χ1) is 11.7. The van der Waals surface area contributed by atoms with E-state index in [-0.39, 0.29) is 0 Å². The fourth-order valence-corrected chi connectivity index (χ4v) is 3.61. The minimum Gasteiger partial charge on any atom is -0.370 e. The molecule has 0 radical (unpaired) electrons. The first-order valence-electron chi connectivity index (χ1n) is 9.47. The number of rotatable bonds is 4. The molecule has 1 aliphatic heterocycles. The van der Waals surface area contributed by atoms with Gasteiger partial charge >= 0.3 is 0 Å². The first kappa shape index (κ1) is 17.1. The second kappa shape index (κ2) is 8.36. The molecule has 0 atom stereocenters. The zero-order valence-electron chi connectivity index (χ0n) is 14.9. The fourth-order valence-electron chi connectivity index (χ4n) is 3.61. The standard InChI is InChI=1S/C19H31N5/c1-15-9-11-24(12-10-15)18-8-7-16(13-21-18)14-22-19(20)23-17-5-3-2-4-6-17/h7-8,13,15,17H,2-6,9-12,14H2,1H3,(H3,20,22,23). The third-order valence-electron chi connectivity index (χ3n) is 5.31. The van der Waals surface area contributed by atoms with Crippen molar-refractivity contribution in [2.45, 2.75) is 64.5 Å². The van der Waals surface area contributed by atoms with Gasteiger partial charge in [-0.2, -0.15) is 0 Å². The van der Waals surface area contributed by atoms with Crippen LogP contribution in [0.4, 0.5) is 5.82 Å². The van der Waals surface area contributed by atoms with Crippen molar-refractivity contribution in [1.29, 1.82) is 0 Å². The molecule has 1 aromatic rings. The van der Waals surface area contributed by atoms with Gasteiger partial charge < -0.3 is 16.0 Å². The van der Waals surface area contributed by atoms with Gasteiger partial charge in [-0.05, 0) is 43.2 Å². The summed E-state index contributed by atoms with van der Waals surface area (Å²) in [6.45, 7) is 5.15. The maximum Gasteiger partial charge on any atom is 0.189 e. The van der Waals surface area contributed by atoms with Crippen LogP contribution in [0.15, 0.2) is 23.3 Å². The molecule has 5 nitrogen and oxygen atoms in total. The Morgan fingerprint density at radius 3 is 2.62 bits per heavy atom. The van der Waals surface area contributed by atoms with Gasteiger partial charge in [0, 0.05) is 25.3 Å². The van der Waals surface area contributed by atoms with E-state index in [4.69, 9.17) is 5.73 Å². The maximum atomic E-state index is 6.02. The Morgan fingerprint density at radius 1 is 1.21 bits per heavy atom. The summed E-state index contributed by atoms with van der Waals surface area (Å²) in [6, 6.07) is 4.74. The molecule has 1 aliphatic carbocycles. The SMILES string of the molecule is CC1CCN(c2ccc(CN=C(N)NC3CCCCC3)cn2)CC1. The zero-order chi connectivity index (χ0) is 16.8. The third-order valence-corrected chi connectivity index (χ3v) is 5.31. The molecule has 0 amide bonds. The molecule has 1 aromatic heterocycles. The first-order valence-corrected chi connectivity index (χ1v) is 9.47. The zero-order valence-corrected chi connectivity index (χ0v) is 14.9. The van der Waals surface area contributed by atoms with Gasteiger partial charge in [0.05, 0.1) is 6.54 Å². The number of hydrogen-bond acceptors (Lipinski definition) is 3. The number of anilines is 1. The van der Waals surface area contributed by atoms with E-state index in [9.17, 15) is 0 Å². The molecule has 132 valence electrons. The number of nitrogens with two attached hydrogens (primary N) is 1. The quantitative estimate of drug-likeness (QED) is 0.658. The normalized spacial score (nSPS) is 21.0. The molecule has 0 unspecified atom stereocenters. The van der Waals surface area contributed by atoms with Gasteiger partial charge in [0.2, 0.25) is 0 Å². The van der Waals surface area contributed by atoms with Crippen LogP contribution in [0.25, 0.3) is 0 Å². The van der Waals surface area contributed by atoms with E-state index in [1.165, 1.54) is 44.9 Å². The van der Waals surface area contributed by atoms with E-state index in [1.54, 1.807) is 0 Å². The molecule has 24 heavy (non-hydrogen) atoms. The highest BCUT2D eigenvalue weighted by molar-refractivity contribution is 5.78. The average molecular weight is 329 g/mol. The second-order valence-electron chi connectivity index (χ2n) is 7.37. The fraction of sp³-hybridized carbons (Fsp3) is 0.684. The van der Waals surface area contributed by atoms with Crippen molar-refractivity contribution < 1.29 is 0 Å². The van der Waals surface area contributed by atoms with E-state index < -0.39 is 0 Å². The summed E-state index contributed by atoms with van der Waals surface area (Å²) in [7, 11) is 0. The van der Waals surface area contributed by atoms with Crippen LogP contribution in [0.2, 0.25) is 0 Å². The van der Waals surface area contributed by atoms with Crippen molar-refractivity contribution in [2.75, 3.05) is 18.0 Å². The predicted octanol–water partition coefficient (Wildman–Crippen LogP) is 3.05. The van der Waals surface area contributed by atoms with Gasteiger partial charge in [0.15, 0.2) is 5.96 Å². The largest absolute Gasteiger partial charge is 0.370 e. The highest BCUT2D eigenvalue weighted by Gasteiger charge is 2.16. The number of piperidine rings is 1. The van der Waals surface area contributed by atoms with Crippen LogP contribution in [0.1, 0.15) is 57.4 Å². The van der Waals surface area contributed by atoms with E-state index in [1.807, 2.05) is 6.20 Å². The maximum absolute atomic E-state index is 6.02. The molecular formula is C19H31N5. The minimum absolute atomic E-state index is 0.504. The number of aromatic nitrogens is 1. The molecule has 0 aromatic carbocycles. The molecule has 5 heteroatoms. The van der Waals surface area contributed by atoms with Crippen molar-refractivity contribution >= 4 is 11.8 Å². The molecule has 0 spiro atoms. The van der Waals surface area contributed by atoms with Crippen LogP contribution in [-0.4, -0.2) is 30.1 Å². The lowest BCUT2D eigenvalue weighted by Crippen LogP contribution is -2.41. The lowest BCUT2D eigenvalue weighted by Gasteiger charge is -2.31. The number of guanidine groups is 1. The van der Waals surface area contributed by atoms with E-state index in [2.05, 4.69) is 39.2 Å². The van der Waals surface area contributed by atoms with Crippen molar-refractivity contribution in [3.8, 4) is 0 Å². The monoisotopic (exact) mass is 329 g/mol. The van der Waals surface area contributed by atoms with Crippen molar-refractivity contribution in [2.24, 2.45) is 16.6 Å². The van der Waals surface area contributed by atoms with Gasteiger partial charge in [-0.1, -0.05) is 32.3 Å². The summed E-state index contributed by atoms with van der Waals surface area (Å²) in [5, 5.41) is 3.36. The number of pyridine rings is 1. The average Bonchev–Trinajstić information content (AvgIpc) is 2.62. The highest BCUT2D eigenvalue weighted by Crippen LogP contribution is 2.21. The number of nitrogens with zero attached hydrogens (tertiary/aromatic N) is 3. The number of hydrogen-bond donors (Lipinski definition) is 2. The van der Waals surface area contributed by atoms with E-state index in [0.717, 1.165) is 30.4 Å². The molecule has 1 saturated carbocycles. The van der Waals surface area contributed by atoms with Gasteiger partial charge in [-0.15, -0.1) is 0 Å². The molecule has 3 rings (SSSR count). The molecule has 2 aliphatic rings. The Balaban J connectivity index is 1.49. The van der Waals surface area contributed by atoms with Gasteiger partial charge in [-0.3, -0.25) is 0 Å². The smallest absolute Gasteiger partial charge is 0.189 e. The topological polar surface area (TPSA) is 66.5 Å². The summed E-state index contributed by atoms with van der Waals surface area (Å²) in [5.41, 5.74) is 7.13. The molecule has 0 bridgehead atoms. The summed E-state index contributed by atoms with van der Waals surface area (Å²) in [5.74, 6) is 2.49. The third kappa shape index (κ3) is 4.86. The Bertz CT molecular complexity index is 525. The van der Waals surface area contributed by atoms with Crippen molar-refractivity contribution in [3.63, 3.8) is 0 Å². The Hall–Kier alpha value is -1.78. The second-order valence-corrected chi connectivity index (χ2v) is 7.37. The Kier molecular flexibility index (Phi) is 5.94. The van der Waals surface area contributed by atoms with Gasteiger partial charge in [0.25, 0.3) is 0 Å². The lowest BCUT2D eigenvalue weighted by molar-refractivity contribution is 0.412. The Labute approximate surface area is 145 Å². The predicted molar refractivity (Wildman–Crippen MR) is 100 cm³/mol. The lowest BCUT2D eigenvalue weighted by atomic mass is 9.96. The van der Waals surface area contributed by atoms with E-state index in [0.29, 0.717) is 18.5 Å². The molecule has 1 saturated heterocycles. The molecule has 2 heterocycles. The number of nitrogens with one attached hydrogen (secondary N) is 1. The van der Waals surface area contributed by atoms with Gasteiger partial charge in [0.1, 0.15) is 5.82 Å². The van der Waals surface area contributed by atoms with Crippen LogP contribution in [0, 0.1) is 5.92 Å². The summed E-state index contributed by atoms with van der Waals surface area (Å²) in [6.07, 6.45) is 10.8. The van der Waals surface area contributed by atoms with Crippen molar-refractivity contribution in [3.05, 3.63) is 23.9 Å². The van der Waals surface area contributed by atoms with Crippen molar-refractivity contribution in [1.82, 2.24) is 10.3 Å². The van der Waals surface area contributed by atoms with Crippen LogP contribution in [0.5, 0.6) is 0 Å². The number of aliphatic imine (C=N–C) groups is 1. The molecule has 3 N–H and O–H groups in total.